The molecule has 4 aromatic rings. The van der Waals surface area contributed by atoms with Crippen molar-refractivity contribution >= 4 is 34.5 Å². The second kappa shape index (κ2) is 9.42. The molecular formula is C26H26N4O2S. The van der Waals surface area contributed by atoms with Gasteiger partial charge >= 0.3 is 5.97 Å². The minimum absolute atomic E-state index is 0.251. The number of thiophene rings is 1. The maximum atomic E-state index is 11.1. The van der Waals surface area contributed by atoms with Gasteiger partial charge in [0.15, 0.2) is 5.82 Å². The number of carbonyl (C=O) groups is 1. The molecule has 7 heteroatoms. The van der Waals surface area contributed by atoms with Crippen molar-refractivity contribution in [2.24, 2.45) is 0 Å². The van der Waals surface area contributed by atoms with Gasteiger partial charge in [0.25, 0.3) is 0 Å². The van der Waals surface area contributed by atoms with E-state index in [0.29, 0.717) is 5.82 Å². The Balaban J connectivity index is 1.65. The summed E-state index contributed by atoms with van der Waals surface area (Å²) in [6, 6.07) is 19.3. The van der Waals surface area contributed by atoms with Crippen molar-refractivity contribution in [1.29, 1.82) is 0 Å². The number of aromatic nitrogens is 2. The molecule has 0 aliphatic carbocycles. The molecule has 33 heavy (non-hydrogen) atoms. The molecule has 0 spiro atoms. The molecular weight excluding hydrogens is 432 g/mol. The van der Waals surface area contributed by atoms with Crippen LogP contribution < -0.4 is 10.2 Å². The van der Waals surface area contributed by atoms with Crippen LogP contribution >= 0.6 is 11.3 Å². The third-order valence-electron chi connectivity index (χ3n) is 5.46. The molecule has 0 unspecified atom stereocenters. The van der Waals surface area contributed by atoms with E-state index in [0.717, 1.165) is 50.2 Å². The van der Waals surface area contributed by atoms with E-state index in [1.165, 1.54) is 0 Å². The van der Waals surface area contributed by atoms with Gasteiger partial charge in [-0.3, -0.25) is 0 Å². The Morgan fingerprint density at radius 3 is 2.24 bits per heavy atom. The molecule has 0 fully saturated rings. The standard InChI is InChI=1S/C26H26N4O2S/c1-5-21-16(2)27-25(29-24(21)28-19-10-6-18(7-11-19)26(31)32)23-15-14-22(33-23)17-8-12-20(13-9-17)30(3)4/h6-15H,5H2,1-4H3,(H,31,32)(H,27,28,29). The van der Waals surface area contributed by atoms with Gasteiger partial charge in [0.2, 0.25) is 0 Å². The summed E-state index contributed by atoms with van der Waals surface area (Å²) in [5.41, 5.74) is 5.33. The number of aromatic carboxylic acids is 1. The van der Waals surface area contributed by atoms with Crippen molar-refractivity contribution in [1.82, 2.24) is 9.97 Å². The second-order valence-corrected chi connectivity index (χ2v) is 9.01. The van der Waals surface area contributed by atoms with Crippen molar-refractivity contribution in [3.05, 3.63) is 77.5 Å². The van der Waals surface area contributed by atoms with E-state index in [1.807, 2.05) is 21.0 Å². The number of benzene rings is 2. The van der Waals surface area contributed by atoms with Crippen molar-refractivity contribution in [3.63, 3.8) is 0 Å². The first-order valence-electron chi connectivity index (χ1n) is 10.7. The summed E-state index contributed by atoms with van der Waals surface area (Å²) in [5, 5.41) is 12.5. The molecule has 2 aromatic carbocycles. The number of rotatable bonds is 7. The van der Waals surface area contributed by atoms with Gasteiger partial charge < -0.3 is 15.3 Å². The zero-order chi connectivity index (χ0) is 23.5. The first-order valence-corrected chi connectivity index (χ1v) is 11.5. The number of hydrogen-bond acceptors (Lipinski definition) is 6. The average Bonchev–Trinajstić information content (AvgIpc) is 3.30. The first kappa shape index (κ1) is 22.5. The van der Waals surface area contributed by atoms with Gasteiger partial charge in [0.05, 0.1) is 10.4 Å². The molecule has 0 aliphatic heterocycles. The number of carboxylic acids is 1. The molecule has 2 aromatic heterocycles. The lowest BCUT2D eigenvalue weighted by Gasteiger charge is -2.14. The van der Waals surface area contributed by atoms with Gasteiger partial charge in [-0.25, -0.2) is 14.8 Å². The largest absolute Gasteiger partial charge is 0.478 e. The van der Waals surface area contributed by atoms with Crippen molar-refractivity contribution in [2.75, 3.05) is 24.3 Å². The topological polar surface area (TPSA) is 78.4 Å². The average molecular weight is 459 g/mol. The molecule has 0 amide bonds. The zero-order valence-corrected chi connectivity index (χ0v) is 19.9. The summed E-state index contributed by atoms with van der Waals surface area (Å²) in [4.78, 5) is 25.0. The number of nitrogens with zero attached hydrogens (tertiary/aromatic N) is 3. The van der Waals surface area contributed by atoms with Crippen LogP contribution in [-0.2, 0) is 6.42 Å². The monoisotopic (exact) mass is 458 g/mol. The molecule has 0 radical (unpaired) electrons. The number of carboxylic acid groups (broad SMARTS) is 1. The van der Waals surface area contributed by atoms with Crippen LogP contribution in [-0.4, -0.2) is 35.1 Å². The van der Waals surface area contributed by atoms with Crippen LogP contribution in [0.3, 0.4) is 0 Å². The molecule has 0 atom stereocenters. The van der Waals surface area contributed by atoms with Crippen LogP contribution in [0.5, 0.6) is 0 Å². The van der Waals surface area contributed by atoms with Crippen LogP contribution in [0.1, 0.15) is 28.5 Å². The summed E-state index contributed by atoms with van der Waals surface area (Å²) in [6.45, 7) is 4.07. The van der Waals surface area contributed by atoms with E-state index in [-0.39, 0.29) is 5.56 Å². The molecule has 6 nitrogen and oxygen atoms in total. The minimum Gasteiger partial charge on any atom is -0.478 e. The Kier molecular flexibility index (Phi) is 6.42. The van der Waals surface area contributed by atoms with Crippen LogP contribution in [0.2, 0.25) is 0 Å². The first-order chi connectivity index (χ1) is 15.9. The lowest BCUT2D eigenvalue weighted by Crippen LogP contribution is -2.07. The van der Waals surface area contributed by atoms with E-state index in [1.54, 1.807) is 35.6 Å². The molecule has 0 aliphatic rings. The van der Waals surface area contributed by atoms with E-state index in [4.69, 9.17) is 15.1 Å². The Labute approximate surface area is 197 Å². The quantitative estimate of drug-likeness (QED) is 0.341. The Morgan fingerprint density at radius 1 is 0.970 bits per heavy atom. The van der Waals surface area contributed by atoms with Crippen molar-refractivity contribution < 1.29 is 9.90 Å². The maximum Gasteiger partial charge on any atom is 0.335 e. The highest BCUT2D eigenvalue weighted by atomic mass is 32.1. The van der Waals surface area contributed by atoms with Crippen molar-refractivity contribution in [2.45, 2.75) is 20.3 Å². The third kappa shape index (κ3) is 4.88. The molecule has 168 valence electrons. The van der Waals surface area contributed by atoms with Gasteiger partial charge in [0, 0.05) is 41.6 Å². The zero-order valence-electron chi connectivity index (χ0n) is 19.1. The van der Waals surface area contributed by atoms with Gasteiger partial charge in [-0.05, 0) is 67.4 Å². The van der Waals surface area contributed by atoms with Crippen molar-refractivity contribution in [3.8, 4) is 21.1 Å². The summed E-state index contributed by atoms with van der Waals surface area (Å²) < 4.78 is 0. The smallest absolute Gasteiger partial charge is 0.335 e. The van der Waals surface area contributed by atoms with E-state index in [9.17, 15) is 4.79 Å². The number of hydrogen-bond donors (Lipinski definition) is 2. The molecule has 0 bridgehead atoms. The maximum absolute atomic E-state index is 11.1. The van der Waals surface area contributed by atoms with E-state index in [2.05, 4.69) is 53.5 Å². The SMILES string of the molecule is CCc1c(C)nc(-c2ccc(-c3ccc(N(C)C)cc3)s2)nc1Nc1ccc(C(=O)O)cc1. The van der Waals surface area contributed by atoms with Gasteiger partial charge in [-0.15, -0.1) is 11.3 Å². The molecule has 0 saturated heterocycles. The predicted octanol–water partition coefficient (Wildman–Crippen LogP) is 6.25. The second-order valence-electron chi connectivity index (χ2n) is 7.93. The van der Waals surface area contributed by atoms with Gasteiger partial charge in [-0.1, -0.05) is 19.1 Å². The summed E-state index contributed by atoms with van der Waals surface area (Å²) >= 11 is 1.66. The third-order valence-corrected chi connectivity index (χ3v) is 6.59. The lowest BCUT2D eigenvalue weighted by molar-refractivity contribution is 0.0697. The van der Waals surface area contributed by atoms with Gasteiger partial charge in [-0.2, -0.15) is 0 Å². The normalized spacial score (nSPS) is 10.8. The van der Waals surface area contributed by atoms with Crippen LogP contribution in [0.4, 0.5) is 17.2 Å². The van der Waals surface area contributed by atoms with Crippen LogP contribution in [0.25, 0.3) is 21.1 Å². The highest BCUT2D eigenvalue weighted by Gasteiger charge is 2.14. The highest BCUT2D eigenvalue weighted by Crippen LogP contribution is 2.35. The molecule has 2 heterocycles. The Morgan fingerprint density at radius 2 is 1.64 bits per heavy atom. The fourth-order valence-electron chi connectivity index (χ4n) is 3.60. The fourth-order valence-corrected chi connectivity index (χ4v) is 4.55. The minimum atomic E-state index is -0.944. The Hall–Kier alpha value is -3.71. The van der Waals surface area contributed by atoms with E-state index < -0.39 is 5.97 Å². The number of nitrogens with one attached hydrogen (secondary N) is 1. The number of anilines is 3. The van der Waals surface area contributed by atoms with E-state index >= 15 is 0 Å². The molecule has 2 N–H and O–H groups in total. The molecule has 4 rings (SSSR count). The Bertz CT molecular complexity index is 1280. The lowest BCUT2D eigenvalue weighted by atomic mass is 10.1. The predicted molar refractivity (Wildman–Crippen MR) is 136 cm³/mol. The van der Waals surface area contributed by atoms with Gasteiger partial charge in [0.1, 0.15) is 5.82 Å². The van der Waals surface area contributed by atoms with Crippen LogP contribution in [0, 0.1) is 6.92 Å². The number of aryl methyl sites for hydroxylation is 1. The molecule has 0 saturated carbocycles. The highest BCUT2D eigenvalue weighted by molar-refractivity contribution is 7.18. The fraction of sp³-hybridized carbons (Fsp3) is 0.192. The summed E-state index contributed by atoms with van der Waals surface area (Å²) in [5.74, 6) is 0.477. The summed E-state index contributed by atoms with van der Waals surface area (Å²) in [6.07, 6.45) is 0.787. The van der Waals surface area contributed by atoms with Crippen LogP contribution in [0.15, 0.2) is 60.7 Å². The summed E-state index contributed by atoms with van der Waals surface area (Å²) in [7, 11) is 4.06.